The molecule has 0 atom stereocenters. The number of allylic oxidation sites excluding steroid dienone is 4. The molecule has 1 fully saturated rings. The topological polar surface area (TPSA) is 23.8 Å². The molecule has 2 rings (SSSR count). The van der Waals surface area contributed by atoms with Crippen LogP contribution in [0.1, 0.15) is 37.7 Å². The summed E-state index contributed by atoms with van der Waals surface area (Å²) in [6.07, 6.45) is 14.8. The Morgan fingerprint density at radius 3 is 2.48 bits per heavy atom. The van der Waals surface area contributed by atoms with E-state index in [0.717, 1.165) is 12.3 Å². The molecule has 1 aromatic rings. The number of rotatable bonds is 5. The third-order valence-corrected chi connectivity index (χ3v) is 4.31. The van der Waals surface area contributed by atoms with Crippen molar-refractivity contribution in [2.24, 2.45) is 11.8 Å². The maximum Gasteiger partial charge on any atom is 0.123 e. The number of halogens is 1. The number of aryl methyl sites for hydroxylation is 1. The van der Waals surface area contributed by atoms with Gasteiger partial charge in [0.1, 0.15) is 5.82 Å². The third-order valence-electron chi connectivity index (χ3n) is 4.31. The van der Waals surface area contributed by atoms with Crippen molar-refractivity contribution >= 4 is 0 Å². The maximum atomic E-state index is 12.8. The lowest BCUT2D eigenvalue weighted by Gasteiger charge is -2.26. The molecular formula is C19H22FN. The Morgan fingerprint density at radius 2 is 1.81 bits per heavy atom. The largest absolute Gasteiger partial charge is 0.207 e. The minimum absolute atomic E-state index is 0.156. The van der Waals surface area contributed by atoms with Gasteiger partial charge < -0.3 is 0 Å². The average molecular weight is 283 g/mol. The molecule has 1 saturated carbocycles. The first kappa shape index (κ1) is 15.5. The van der Waals surface area contributed by atoms with E-state index in [0.29, 0.717) is 5.92 Å². The summed E-state index contributed by atoms with van der Waals surface area (Å²) >= 11 is 0. The average Bonchev–Trinajstić information content (AvgIpc) is 2.52. The van der Waals surface area contributed by atoms with Gasteiger partial charge in [-0.3, -0.25) is 0 Å². The first-order chi connectivity index (χ1) is 10.3. The van der Waals surface area contributed by atoms with Crippen LogP contribution in [-0.2, 0) is 6.42 Å². The fourth-order valence-corrected chi connectivity index (χ4v) is 3.01. The van der Waals surface area contributed by atoms with Crippen molar-refractivity contribution in [3.63, 3.8) is 0 Å². The van der Waals surface area contributed by atoms with Crippen molar-refractivity contribution in [1.29, 1.82) is 5.26 Å². The summed E-state index contributed by atoms with van der Waals surface area (Å²) in [4.78, 5) is 0. The minimum atomic E-state index is -0.156. The molecule has 0 heterocycles. The number of nitriles is 1. The molecule has 0 aromatic heterocycles. The van der Waals surface area contributed by atoms with Crippen LogP contribution in [0.15, 0.2) is 48.6 Å². The van der Waals surface area contributed by atoms with E-state index in [1.807, 2.05) is 24.3 Å². The van der Waals surface area contributed by atoms with E-state index in [9.17, 15) is 4.39 Å². The first-order valence-electron chi connectivity index (χ1n) is 7.75. The molecule has 0 N–H and O–H groups in total. The Hall–Kier alpha value is -1.88. The first-order valence-corrected chi connectivity index (χ1v) is 7.75. The molecule has 110 valence electrons. The molecule has 0 spiro atoms. The smallest absolute Gasteiger partial charge is 0.123 e. The zero-order valence-corrected chi connectivity index (χ0v) is 12.3. The molecule has 0 amide bonds. The second-order valence-electron chi connectivity index (χ2n) is 5.82. The van der Waals surface area contributed by atoms with Gasteiger partial charge in [-0.2, -0.15) is 5.26 Å². The molecule has 1 nitrogen and oxygen atoms in total. The van der Waals surface area contributed by atoms with Crippen LogP contribution >= 0.6 is 0 Å². The van der Waals surface area contributed by atoms with Crippen LogP contribution in [0.4, 0.5) is 4.39 Å². The molecule has 1 aliphatic carbocycles. The standard InChI is InChI=1S/C19H22FN/c20-19-13-11-18(12-14-19)10-9-17-7-5-16(6-8-17)4-2-1-3-15-21/h1-4,11-14,16-17H,5-10H2/b3-1+,4-2+. The van der Waals surface area contributed by atoms with E-state index in [2.05, 4.69) is 6.08 Å². The van der Waals surface area contributed by atoms with Gasteiger partial charge in [-0.25, -0.2) is 4.39 Å². The van der Waals surface area contributed by atoms with Crippen molar-refractivity contribution < 1.29 is 4.39 Å². The van der Waals surface area contributed by atoms with Gasteiger partial charge in [0.2, 0.25) is 0 Å². The van der Waals surface area contributed by atoms with Crippen molar-refractivity contribution in [3.8, 4) is 6.07 Å². The van der Waals surface area contributed by atoms with Gasteiger partial charge >= 0.3 is 0 Å². The van der Waals surface area contributed by atoms with Gasteiger partial charge in [0.15, 0.2) is 0 Å². The van der Waals surface area contributed by atoms with Gasteiger partial charge in [-0.15, -0.1) is 0 Å². The third kappa shape index (κ3) is 5.55. The molecule has 21 heavy (non-hydrogen) atoms. The van der Waals surface area contributed by atoms with Gasteiger partial charge in [-0.05, 0) is 68.1 Å². The Balaban J connectivity index is 1.69. The fourth-order valence-electron chi connectivity index (χ4n) is 3.01. The highest BCUT2D eigenvalue weighted by molar-refractivity contribution is 5.16. The SMILES string of the molecule is N#C/C=C/C=C/C1CCC(CCc2ccc(F)cc2)CC1. The highest BCUT2D eigenvalue weighted by Gasteiger charge is 2.19. The zero-order chi connectivity index (χ0) is 14.9. The molecular weight excluding hydrogens is 261 g/mol. The van der Waals surface area contributed by atoms with Crippen LogP contribution in [0, 0.1) is 29.0 Å². The highest BCUT2D eigenvalue weighted by atomic mass is 19.1. The molecule has 1 aliphatic rings. The van der Waals surface area contributed by atoms with Crippen LogP contribution < -0.4 is 0 Å². The fraction of sp³-hybridized carbons (Fsp3) is 0.421. The number of benzene rings is 1. The van der Waals surface area contributed by atoms with E-state index < -0.39 is 0 Å². The summed E-state index contributed by atoms with van der Waals surface area (Å²) in [7, 11) is 0. The van der Waals surface area contributed by atoms with Crippen molar-refractivity contribution in [1.82, 2.24) is 0 Å². The van der Waals surface area contributed by atoms with Crippen LogP contribution in [0.5, 0.6) is 0 Å². The van der Waals surface area contributed by atoms with Gasteiger partial charge in [-0.1, -0.05) is 30.4 Å². The zero-order valence-electron chi connectivity index (χ0n) is 12.3. The summed E-state index contributed by atoms with van der Waals surface area (Å²) in [5, 5.41) is 8.41. The van der Waals surface area contributed by atoms with Crippen molar-refractivity contribution in [3.05, 3.63) is 60.0 Å². The molecule has 2 heteroatoms. The lowest BCUT2D eigenvalue weighted by molar-refractivity contribution is 0.296. The summed E-state index contributed by atoms with van der Waals surface area (Å²) in [6, 6.07) is 8.88. The van der Waals surface area contributed by atoms with Crippen molar-refractivity contribution in [2.45, 2.75) is 38.5 Å². The predicted octanol–water partition coefficient (Wildman–Crippen LogP) is 5.20. The van der Waals surface area contributed by atoms with Crippen LogP contribution in [0.25, 0.3) is 0 Å². The lowest BCUT2D eigenvalue weighted by Crippen LogP contribution is -2.13. The summed E-state index contributed by atoms with van der Waals surface area (Å²) < 4.78 is 12.8. The molecule has 0 unspecified atom stereocenters. The predicted molar refractivity (Wildman–Crippen MR) is 84.1 cm³/mol. The highest BCUT2D eigenvalue weighted by Crippen LogP contribution is 2.32. The summed E-state index contributed by atoms with van der Waals surface area (Å²) in [5.74, 6) is 1.31. The molecule has 0 radical (unpaired) electrons. The minimum Gasteiger partial charge on any atom is -0.207 e. The van der Waals surface area contributed by atoms with Crippen LogP contribution in [0.3, 0.4) is 0 Å². The maximum absolute atomic E-state index is 12.8. The normalized spacial score (nSPS) is 22.7. The van der Waals surface area contributed by atoms with Crippen LogP contribution in [0.2, 0.25) is 0 Å². The Labute approximate surface area is 126 Å². The van der Waals surface area contributed by atoms with E-state index in [-0.39, 0.29) is 5.82 Å². The number of hydrogen-bond acceptors (Lipinski definition) is 1. The monoisotopic (exact) mass is 283 g/mol. The Kier molecular flexibility index (Phi) is 6.22. The molecule has 0 saturated heterocycles. The quantitative estimate of drug-likeness (QED) is 0.538. The van der Waals surface area contributed by atoms with Crippen LogP contribution in [-0.4, -0.2) is 0 Å². The summed E-state index contributed by atoms with van der Waals surface area (Å²) in [6.45, 7) is 0. The van der Waals surface area contributed by atoms with Gasteiger partial charge in [0, 0.05) is 6.08 Å². The molecule has 1 aromatic carbocycles. The molecule has 0 bridgehead atoms. The number of hydrogen-bond donors (Lipinski definition) is 0. The molecule has 0 aliphatic heterocycles. The number of nitrogens with zero attached hydrogens (tertiary/aromatic N) is 1. The van der Waals surface area contributed by atoms with Gasteiger partial charge in [0.05, 0.1) is 6.07 Å². The van der Waals surface area contributed by atoms with E-state index in [1.165, 1.54) is 43.7 Å². The van der Waals surface area contributed by atoms with E-state index in [4.69, 9.17) is 5.26 Å². The second kappa shape index (κ2) is 8.42. The second-order valence-corrected chi connectivity index (χ2v) is 5.82. The van der Waals surface area contributed by atoms with E-state index in [1.54, 1.807) is 18.2 Å². The van der Waals surface area contributed by atoms with E-state index >= 15 is 0 Å². The van der Waals surface area contributed by atoms with Gasteiger partial charge in [0.25, 0.3) is 0 Å². The summed E-state index contributed by atoms with van der Waals surface area (Å²) in [5.41, 5.74) is 1.24. The Morgan fingerprint density at radius 1 is 1.10 bits per heavy atom. The van der Waals surface area contributed by atoms with Crippen molar-refractivity contribution in [2.75, 3.05) is 0 Å². The Bertz CT molecular complexity index is 513. The lowest BCUT2D eigenvalue weighted by atomic mass is 9.79.